The first-order chi connectivity index (χ1) is 11.1. The van der Waals surface area contributed by atoms with Gasteiger partial charge in [0.1, 0.15) is 0 Å². The highest BCUT2D eigenvalue weighted by Crippen LogP contribution is 2.19. The fourth-order valence-electron chi connectivity index (χ4n) is 2.53. The van der Waals surface area contributed by atoms with Crippen LogP contribution in [-0.2, 0) is 0 Å². The lowest BCUT2D eigenvalue weighted by Crippen LogP contribution is -2.22. The molecule has 2 heterocycles. The molecule has 0 aliphatic heterocycles. The van der Waals surface area contributed by atoms with Crippen LogP contribution in [0.5, 0.6) is 0 Å². The second kappa shape index (κ2) is 4.99. The van der Waals surface area contributed by atoms with Crippen molar-refractivity contribution >= 4 is 39.1 Å². The molecule has 0 spiro atoms. The molecule has 7 heteroatoms. The smallest absolute Gasteiger partial charge is 0.267 e. The predicted molar refractivity (Wildman–Crippen MR) is 88.7 cm³/mol. The lowest BCUT2D eigenvalue weighted by molar-refractivity contribution is -0.385. The molecule has 6 nitrogen and oxygen atoms in total. The van der Waals surface area contributed by atoms with Gasteiger partial charge in [0.05, 0.1) is 26.1 Å². The normalized spacial score (nSPS) is 12.3. The third-order valence-corrected chi connectivity index (χ3v) is 4.53. The summed E-state index contributed by atoms with van der Waals surface area (Å²) in [6, 6.07) is 13.7. The van der Waals surface area contributed by atoms with E-state index in [0.717, 1.165) is 11.0 Å². The Kier molecular flexibility index (Phi) is 2.95. The van der Waals surface area contributed by atoms with E-state index in [1.165, 1.54) is 17.4 Å². The number of imidazole rings is 1. The second-order valence-corrected chi connectivity index (χ2v) is 5.96. The third kappa shape index (κ3) is 2.09. The maximum Gasteiger partial charge on any atom is 0.276 e. The van der Waals surface area contributed by atoms with Crippen LogP contribution >= 0.6 is 11.3 Å². The van der Waals surface area contributed by atoms with Crippen LogP contribution in [0, 0.1) is 10.1 Å². The van der Waals surface area contributed by atoms with Crippen molar-refractivity contribution in [2.24, 2.45) is 0 Å². The van der Waals surface area contributed by atoms with Gasteiger partial charge in [-0.2, -0.15) is 0 Å². The molecule has 0 aliphatic carbocycles. The van der Waals surface area contributed by atoms with Crippen LogP contribution in [0.2, 0.25) is 0 Å². The molecular weight excluding hydrogens is 314 g/mol. The number of hydrogen-bond donors (Lipinski definition) is 0. The summed E-state index contributed by atoms with van der Waals surface area (Å²) in [7, 11) is 0. The molecule has 2 aromatic heterocycles. The summed E-state index contributed by atoms with van der Waals surface area (Å²) >= 11 is 1.23. The molecule has 112 valence electrons. The summed E-state index contributed by atoms with van der Waals surface area (Å²) in [5, 5.41) is 11.1. The zero-order chi connectivity index (χ0) is 16.0. The van der Waals surface area contributed by atoms with Crippen molar-refractivity contribution in [3.05, 3.63) is 79.1 Å². The fraction of sp³-hybridized carbons (Fsp3) is 0. The highest BCUT2D eigenvalue weighted by Gasteiger charge is 2.13. The first kappa shape index (κ1) is 13.6. The van der Waals surface area contributed by atoms with Gasteiger partial charge in [0.15, 0.2) is 4.96 Å². The van der Waals surface area contributed by atoms with Gasteiger partial charge in [-0.1, -0.05) is 35.6 Å². The van der Waals surface area contributed by atoms with E-state index in [0.29, 0.717) is 15.1 Å². The van der Waals surface area contributed by atoms with Crippen molar-refractivity contribution in [2.75, 3.05) is 0 Å². The van der Waals surface area contributed by atoms with Crippen molar-refractivity contribution in [3.8, 4) is 0 Å². The van der Waals surface area contributed by atoms with Gasteiger partial charge >= 0.3 is 0 Å². The molecule has 0 saturated heterocycles. The minimum atomic E-state index is -0.454. The van der Waals surface area contributed by atoms with Gasteiger partial charge in [-0.15, -0.1) is 0 Å². The number of nitro benzene ring substituents is 1. The van der Waals surface area contributed by atoms with Gasteiger partial charge < -0.3 is 0 Å². The standard InChI is InChI=1S/C16H9N3O3S/c20-15-14(9-10-5-1-3-7-12(10)19(21)22)23-16-17-11-6-2-4-8-13(11)18(15)16/h1-9H/b14-9-. The van der Waals surface area contributed by atoms with Gasteiger partial charge in [-0.3, -0.25) is 14.9 Å². The Hall–Kier alpha value is -3.06. The molecule has 0 N–H and O–H groups in total. The van der Waals surface area contributed by atoms with Crippen LogP contribution in [0.1, 0.15) is 5.56 Å². The number of fused-ring (bicyclic) bond motifs is 3. The Morgan fingerprint density at radius 2 is 1.87 bits per heavy atom. The van der Waals surface area contributed by atoms with Gasteiger partial charge in [-0.05, 0) is 24.3 Å². The maximum atomic E-state index is 12.6. The van der Waals surface area contributed by atoms with Gasteiger partial charge in [-0.25, -0.2) is 9.38 Å². The molecular formula is C16H9N3O3S. The summed E-state index contributed by atoms with van der Waals surface area (Å²) < 4.78 is 1.97. The van der Waals surface area contributed by atoms with Gasteiger partial charge in [0, 0.05) is 6.07 Å². The van der Waals surface area contributed by atoms with Crippen molar-refractivity contribution in [3.63, 3.8) is 0 Å². The van der Waals surface area contributed by atoms with Crippen LogP contribution in [0.15, 0.2) is 53.3 Å². The van der Waals surface area contributed by atoms with Crippen molar-refractivity contribution in [1.82, 2.24) is 9.38 Å². The lowest BCUT2D eigenvalue weighted by atomic mass is 10.2. The van der Waals surface area contributed by atoms with E-state index in [2.05, 4.69) is 4.98 Å². The number of rotatable bonds is 2. The molecule has 0 bridgehead atoms. The Labute approximate surface area is 133 Å². The van der Waals surface area contributed by atoms with Crippen molar-refractivity contribution in [1.29, 1.82) is 0 Å². The van der Waals surface area contributed by atoms with Crippen LogP contribution in [0.25, 0.3) is 22.1 Å². The second-order valence-electron chi connectivity index (χ2n) is 4.95. The molecule has 23 heavy (non-hydrogen) atoms. The molecule has 2 aromatic carbocycles. The van der Waals surface area contributed by atoms with E-state index in [1.54, 1.807) is 28.7 Å². The minimum Gasteiger partial charge on any atom is -0.267 e. The monoisotopic (exact) mass is 323 g/mol. The number of para-hydroxylation sites is 3. The van der Waals surface area contributed by atoms with E-state index in [4.69, 9.17) is 0 Å². The van der Waals surface area contributed by atoms with Crippen LogP contribution in [0.3, 0.4) is 0 Å². The number of thiazole rings is 1. The Morgan fingerprint density at radius 3 is 2.70 bits per heavy atom. The van der Waals surface area contributed by atoms with E-state index >= 15 is 0 Å². The summed E-state index contributed by atoms with van der Waals surface area (Å²) in [5.41, 5.74) is 1.67. The topological polar surface area (TPSA) is 77.5 Å². The first-order valence-corrected chi connectivity index (χ1v) is 7.62. The lowest BCUT2D eigenvalue weighted by Gasteiger charge is -1.94. The summed E-state index contributed by atoms with van der Waals surface area (Å²) in [6.45, 7) is 0. The van der Waals surface area contributed by atoms with E-state index in [9.17, 15) is 14.9 Å². The van der Waals surface area contributed by atoms with E-state index in [1.807, 2.05) is 24.3 Å². The van der Waals surface area contributed by atoms with E-state index in [-0.39, 0.29) is 11.2 Å². The average molecular weight is 323 g/mol. The molecule has 4 aromatic rings. The van der Waals surface area contributed by atoms with Crippen LogP contribution < -0.4 is 10.1 Å². The first-order valence-electron chi connectivity index (χ1n) is 6.80. The number of benzene rings is 2. The third-order valence-electron chi connectivity index (χ3n) is 3.57. The number of hydrogen-bond acceptors (Lipinski definition) is 5. The summed E-state index contributed by atoms with van der Waals surface area (Å²) in [4.78, 5) is 28.3. The molecule has 0 amide bonds. The highest BCUT2D eigenvalue weighted by molar-refractivity contribution is 7.15. The molecule has 0 saturated carbocycles. The Bertz CT molecular complexity index is 1180. The predicted octanol–water partition coefficient (Wildman–Crippen LogP) is 2.37. The summed E-state index contributed by atoms with van der Waals surface area (Å²) in [6.07, 6.45) is 1.55. The van der Waals surface area contributed by atoms with E-state index < -0.39 is 4.92 Å². The SMILES string of the molecule is O=c1/c(=C/c2ccccc2[N+](=O)[O-])sc2nc3ccccc3n12. The zero-order valence-electron chi connectivity index (χ0n) is 11.7. The maximum absolute atomic E-state index is 12.6. The fourth-order valence-corrected chi connectivity index (χ4v) is 3.51. The minimum absolute atomic E-state index is 0.0252. The van der Waals surface area contributed by atoms with Gasteiger partial charge in [0.25, 0.3) is 11.2 Å². The Morgan fingerprint density at radius 1 is 1.13 bits per heavy atom. The number of nitrogens with zero attached hydrogens (tertiary/aromatic N) is 3. The molecule has 4 rings (SSSR count). The molecule has 0 fully saturated rings. The molecule has 0 unspecified atom stereocenters. The van der Waals surface area contributed by atoms with Crippen LogP contribution in [-0.4, -0.2) is 14.3 Å². The van der Waals surface area contributed by atoms with Gasteiger partial charge in [0.2, 0.25) is 0 Å². The highest BCUT2D eigenvalue weighted by atomic mass is 32.1. The Balaban J connectivity index is 2.02. The quantitative estimate of drug-likeness (QED) is 0.419. The van der Waals surface area contributed by atoms with Crippen molar-refractivity contribution in [2.45, 2.75) is 0 Å². The van der Waals surface area contributed by atoms with Crippen molar-refractivity contribution < 1.29 is 4.92 Å². The summed E-state index contributed by atoms with van der Waals surface area (Å²) in [5.74, 6) is 0. The number of aromatic nitrogens is 2. The molecule has 0 aliphatic rings. The average Bonchev–Trinajstić information content (AvgIpc) is 3.05. The molecule has 0 atom stereocenters. The number of nitro groups is 1. The van der Waals surface area contributed by atoms with Crippen LogP contribution in [0.4, 0.5) is 5.69 Å². The largest absolute Gasteiger partial charge is 0.276 e. The molecule has 0 radical (unpaired) electrons. The zero-order valence-corrected chi connectivity index (χ0v) is 12.5.